The summed E-state index contributed by atoms with van der Waals surface area (Å²) in [6, 6.07) is 9.97. The number of rotatable bonds is 7. The fraction of sp³-hybridized carbons (Fsp3) is 0.286. The van der Waals surface area contributed by atoms with E-state index >= 15 is 0 Å². The zero-order valence-corrected chi connectivity index (χ0v) is 17.5. The third-order valence-electron chi connectivity index (χ3n) is 4.31. The molecule has 0 saturated heterocycles. The minimum Gasteiger partial charge on any atom is -0.495 e. The van der Waals surface area contributed by atoms with Gasteiger partial charge in [0.1, 0.15) is 5.75 Å². The summed E-state index contributed by atoms with van der Waals surface area (Å²) in [5, 5.41) is 3.07. The SMILES string of the molecule is COc1ccc(Cl)cc1NC(=O)CN(C)C(=O)COC(=O)c1ccc(C)c(C)c1. The maximum Gasteiger partial charge on any atom is 0.338 e. The highest BCUT2D eigenvalue weighted by Gasteiger charge is 2.17. The van der Waals surface area contributed by atoms with Crippen LogP contribution in [0, 0.1) is 13.8 Å². The van der Waals surface area contributed by atoms with Crippen LogP contribution in [0.3, 0.4) is 0 Å². The number of halogens is 1. The Hall–Kier alpha value is -3.06. The number of esters is 1. The van der Waals surface area contributed by atoms with Gasteiger partial charge in [0.25, 0.3) is 5.91 Å². The van der Waals surface area contributed by atoms with Crippen LogP contribution in [-0.2, 0) is 14.3 Å². The zero-order chi connectivity index (χ0) is 21.6. The van der Waals surface area contributed by atoms with Crippen molar-refractivity contribution in [1.29, 1.82) is 0 Å². The third-order valence-corrected chi connectivity index (χ3v) is 4.55. The molecule has 0 spiro atoms. The summed E-state index contributed by atoms with van der Waals surface area (Å²) in [5.41, 5.74) is 2.78. The number of aryl methyl sites for hydroxylation is 2. The molecule has 0 aromatic heterocycles. The van der Waals surface area contributed by atoms with Crippen LogP contribution in [0.4, 0.5) is 5.69 Å². The molecule has 0 heterocycles. The molecule has 1 N–H and O–H groups in total. The Morgan fingerprint density at radius 3 is 2.45 bits per heavy atom. The van der Waals surface area contributed by atoms with Gasteiger partial charge in [0, 0.05) is 12.1 Å². The summed E-state index contributed by atoms with van der Waals surface area (Å²) >= 11 is 5.93. The molecule has 0 saturated carbocycles. The molecule has 7 nitrogen and oxygen atoms in total. The van der Waals surface area contributed by atoms with Crippen molar-refractivity contribution in [3.05, 3.63) is 58.1 Å². The molecule has 0 aliphatic rings. The van der Waals surface area contributed by atoms with Crippen molar-refractivity contribution < 1.29 is 23.9 Å². The van der Waals surface area contributed by atoms with E-state index in [-0.39, 0.29) is 6.54 Å². The number of benzene rings is 2. The number of hydrogen-bond donors (Lipinski definition) is 1. The lowest BCUT2D eigenvalue weighted by atomic mass is 10.1. The predicted molar refractivity (Wildman–Crippen MR) is 110 cm³/mol. The number of carbonyl (C=O) groups excluding carboxylic acids is 3. The first kappa shape index (κ1) is 22.2. The first-order chi connectivity index (χ1) is 13.7. The van der Waals surface area contributed by atoms with E-state index in [1.54, 1.807) is 30.3 Å². The second kappa shape index (κ2) is 9.93. The number of likely N-dealkylation sites (N-methyl/N-ethyl adjacent to an activating group) is 1. The van der Waals surface area contributed by atoms with Crippen molar-refractivity contribution in [2.75, 3.05) is 32.6 Å². The molecule has 8 heteroatoms. The van der Waals surface area contributed by atoms with Gasteiger partial charge in [0.15, 0.2) is 6.61 Å². The summed E-state index contributed by atoms with van der Waals surface area (Å²) in [6.45, 7) is 3.14. The Bertz CT molecular complexity index is 929. The van der Waals surface area contributed by atoms with Gasteiger partial charge >= 0.3 is 5.97 Å². The predicted octanol–water partition coefficient (Wildman–Crippen LogP) is 3.22. The van der Waals surface area contributed by atoms with Crippen LogP contribution in [0.25, 0.3) is 0 Å². The molecule has 0 unspecified atom stereocenters. The molecule has 2 amide bonds. The second-order valence-electron chi connectivity index (χ2n) is 6.52. The molecule has 29 heavy (non-hydrogen) atoms. The topological polar surface area (TPSA) is 84.9 Å². The van der Waals surface area contributed by atoms with Gasteiger partial charge in [-0.05, 0) is 55.3 Å². The molecular weight excluding hydrogens is 396 g/mol. The van der Waals surface area contributed by atoms with Crippen LogP contribution < -0.4 is 10.1 Å². The Morgan fingerprint density at radius 2 is 1.79 bits per heavy atom. The molecule has 0 atom stereocenters. The smallest absolute Gasteiger partial charge is 0.338 e. The molecule has 0 aliphatic heterocycles. The van der Waals surface area contributed by atoms with E-state index in [0.717, 1.165) is 11.1 Å². The Morgan fingerprint density at radius 1 is 1.07 bits per heavy atom. The summed E-state index contributed by atoms with van der Waals surface area (Å²) in [5.74, 6) is -1.10. The lowest BCUT2D eigenvalue weighted by Gasteiger charge is -2.17. The van der Waals surface area contributed by atoms with Gasteiger partial charge in [-0.2, -0.15) is 0 Å². The maximum absolute atomic E-state index is 12.2. The highest BCUT2D eigenvalue weighted by Crippen LogP contribution is 2.27. The van der Waals surface area contributed by atoms with Crippen LogP contribution >= 0.6 is 11.6 Å². The van der Waals surface area contributed by atoms with E-state index in [9.17, 15) is 14.4 Å². The van der Waals surface area contributed by atoms with Crippen molar-refractivity contribution in [1.82, 2.24) is 4.90 Å². The Labute approximate surface area is 174 Å². The molecule has 2 aromatic carbocycles. The molecular formula is C21H23ClN2O5. The average molecular weight is 419 g/mol. The standard InChI is InChI=1S/C21H23ClN2O5/c1-13-5-6-15(9-14(13)2)21(27)29-12-20(26)24(3)11-19(25)23-17-10-16(22)7-8-18(17)28-4/h5-10H,11-12H2,1-4H3,(H,23,25). The van der Waals surface area contributed by atoms with Gasteiger partial charge in [-0.3, -0.25) is 9.59 Å². The number of hydrogen-bond acceptors (Lipinski definition) is 5. The molecule has 0 fully saturated rings. The zero-order valence-electron chi connectivity index (χ0n) is 16.7. The molecule has 2 aromatic rings. The third kappa shape index (κ3) is 6.22. The van der Waals surface area contributed by atoms with Crippen molar-refractivity contribution in [2.24, 2.45) is 0 Å². The number of ether oxygens (including phenoxy) is 2. The minimum absolute atomic E-state index is 0.226. The fourth-order valence-corrected chi connectivity index (χ4v) is 2.63. The Kier molecular flexibility index (Phi) is 7.61. The number of nitrogens with one attached hydrogen (secondary N) is 1. The van der Waals surface area contributed by atoms with Crippen molar-refractivity contribution in [2.45, 2.75) is 13.8 Å². The van der Waals surface area contributed by atoms with Crippen molar-refractivity contribution in [3.63, 3.8) is 0 Å². The van der Waals surface area contributed by atoms with Crippen molar-refractivity contribution in [3.8, 4) is 5.75 Å². The van der Waals surface area contributed by atoms with E-state index < -0.39 is 24.4 Å². The van der Waals surface area contributed by atoms with Gasteiger partial charge in [-0.1, -0.05) is 17.7 Å². The van der Waals surface area contributed by atoms with E-state index in [4.69, 9.17) is 21.1 Å². The van der Waals surface area contributed by atoms with Crippen LogP contribution in [-0.4, -0.2) is 50.0 Å². The number of methoxy groups -OCH3 is 1. The summed E-state index contributed by atoms with van der Waals surface area (Å²) < 4.78 is 10.2. The second-order valence-corrected chi connectivity index (χ2v) is 6.95. The lowest BCUT2D eigenvalue weighted by Crippen LogP contribution is -2.37. The van der Waals surface area contributed by atoms with E-state index in [0.29, 0.717) is 22.0 Å². The van der Waals surface area contributed by atoms with Crippen LogP contribution in [0.1, 0.15) is 21.5 Å². The summed E-state index contributed by atoms with van der Waals surface area (Å²) in [6.07, 6.45) is 0. The molecule has 0 aliphatic carbocycles. The maximum atomic E-state index is 12.2. The largest absolute Gasteiger partial charge is 0.495 e. The first-order valence-electron chi connectivity index (χ1n) is 8.83. The summed E-state index contributed by atoms with van der Waals surface area (Å²) in [4.78, 5) is 37.7. The van der Waals surface area contributed by atoms with Gasteiger partial charge < -0.3 is 19.7 Å². The Balaban J connectivity index is 1.88. The van der Waals surface area contributed by atoms with Crippen molar-refractivity contribution >= 4 is 35.1 Å². The van der Waals surface area contributed by atoms with E-state index in [1.165, 1.54) is 19.1 Å². The fourth-order valence-electron chi connectivity index (χ4n) is 2.46. The number of amides is 2. The lowest BCUT2D eigenvalue weighted by molar-refractivity contribution is -0.136. The van der Waals surface area contributed by atoms with Crippen LogP contribution in [0.5, 0.6) is 5.75 Å². The number of anilines is 1. The minimum atomic E-state index is -0.594. The van der Waals surface area contributed by atoms with Gasteiger partial charge in [0.05, 0.1) is 24.9 Å². The molecule has 2 rings (SSSR count). The van der Waals surface area contributed by atoms with Gasteiger partial charge in [-0.15, -0.1) is 0 Å². The number of carbonyl (C=O) groups is 3. The highest BCUT2D eigenvalue weighted by molar-refractivity contribution is 6.31. The number of nitrogens with zero attached hydrogens (tertiary/aromatic N) is 1. The summed E-state index contributed by atoms with van der Waals surface area (Å²) in [7, 11) is 2.92. The first-order valence-corrected chi connectivity index (χ1v) is 9.20. The van der Waals surface area contributed by atoms with Crippen LogP contribution in [0.15, 0.2) is 36.4 Å². The van der Waals surface area contributed by atoms with Gasteiger partial charge in [0.2, 0.25) is 5.91 Å². The molecule has 0 radical (unpaired) electrons. The quantitative estimate of drug-likeness (QED) is 0.698. The van der Waals surface area contributed by atoms with E-state index in [1.807, 2.05) is 19.9 Å². The van der Waals surface area contributed by atoms with Crippen LogP contribution in [0.2, 0.25) is 5.02 Å². The average Bonchev–Trinajstić information content (AvgIpc) is 2.67. The molecule has 0 bridgehead atoms. The normalized spacial score (nSPS) is 10.2. The highest BCUT2D eigenvalue weighted by atomic mass is 35.5. The van der Waals surface area contributed by atoms with E-state index in [2.05, 4.69) is 5.32 Å². The monoisotopic (exact) mass is 418 g/mol. The van der Waals surface area contributed by atoms with Gasteiger partial charge in [-0.25, -0.2) is 4.79 Å². The molecule has 154 valence electrons.